The molecule has 9 nitrogen and oxygen atoms in total. The molecule has 3 aliphatic heterocycles. The van der Waals surface area contributed by atoms with Gasteiger partial charge < -0.3 is 10.1 Å². The Morgan fingerprint density at radius 1 is 0.881 bits per heavy atom. The highest BCUT2D eigenvalue weighted by atomic mass is 16.7. The number of piperidine rings is 1. The first kappa shape index (κ1) is 28.1. The van der Waals surface area contributed by atoms with E-state index < -0.39 is 18.1 Å². The van der Waals surface area contributed by atoms with Crippen LogP contribution in [0.25, 0.3) is 0 Å². The quantitative estimate of drug-likeness (QED) is 0.396. The Morgan fingerprint density at radius 3 is 2.21 bits per heavy atom. The van der Waals surface area contributed by atoms with Crippen molar-refractivity contribution in [2.45, 2.75) is 44.1 Å². The first-order valence-electron chi connectivity index (χ1n) is 14.5. The van der Waals surface area contributed by atoms with Gasteiger partial charge in [0.05, 0.1) is 25.6 Å². The molecule has 0 aliphatic carbocycles. The van der Waals surface area contributed by atoms with Crippen molar-refractivity contribution >= 4 is 17.7 Å². The van der Waals surface area contributed by atoms with E-state index in [4.69, 9.17) is 9.57 Å². The van der Waals surface area contributed by atoms with Gasteiger partial charge in [0.1, 0.15) is 12.3 Å². The minimum Gasteiger partial charge on any atom is -0.497 e. The molecule has 3 unspecified atom stereocenters. The Labute approximate surface area is 245 Å². The maximum Gasteiger partial charge on any atom is 0.261 e. The third-order valence-electron chi connectivity index (χ3n) is 8.41. The molecule has 0 spiro atoms. The van der Waals surface area contributed by atoms with Crippen LogP contribution in [0.5, 0.6) is 5.75 Å². The summed E-state index contributed by atoms with van der Waals surface area (Å²) in [6, 6.07) is 26.6. The summed E-state index contributed by atoms with van der Waals surface area (Å²) < 4.78 is 5.43. The normalized spacial score (nSPS) is 23.3. The number of rotatable bonds is 9. The largest absolute Gasteiger partial charge is 0.497 e. The van der Waals surface area contributed by atoms with Gasteiger partial charge in [-0.3, -0.25) is 29.0 Å². The van der Waals surface area contributed by atoms with Gasteiger partial charge in [-0.1, -0.05) is 72.8 Å². The van der Waals surface area contributed by atoms with Gasteiger partial charge in [-0.2, -0.15) is 5.06 Å². The molecule has 0 radical (unpaired) electrons. The Kier molecular flexibility index (Phi) is 8.32. The number of methoxy groups -OCH3 is 1. The fourth-order valence-electron chi connectivity index (χ4n) is 6.28. The van der Waals surface area contributed by atoms with Crippen LogP contribution in [0.15, 0.2) is 84.9 Å². The molecule has 3 aliphatic rings. The summed E-state index contributed by atoms with van der Waals surface area (Å²) in [7, 11) is 1.58. The van der Waals surface area contributed by atoms with Crippen molar-refractivity contribution in [3.05, 3.63) is 102 Å². The van der Waals surface area contributed by atoms with Gasteiger partial charge >= 0.3 is 0 Å². The topological polar surface area (TPSA) is 91.4 Å². The average Bonchev–Trinajstić information content (AvgIpc) is 3.49. The Bertz CT molecular complexity index is 1410. The number of hydrogen-bond donors (Lipinski definition) is 1. The van der Waals surface area contributed by atoms with Gasteiger partial charge in [-0.05, 0) is 41.7 Å². The number of imide groups is 1. The molecule has 3 aromatic carbocycles. The highest BCUT2D eigenvalue weighted by Crippen LogP contribution is 2.45. The number of carbonyl (C=O) groups excluding carboxylic acids is 3. The van der Waals surface area contributed by atoms with Crippen molar-refractivity contribution in [3.8, 4) is 5.75 Å². The predicted octanol–water partition coefficient (Wildman–Crippen LogP) is 3.32. The molecular formula is C33H36N4O5. The molecule has 3 heterocycles. The van der Waals surface area contributed by atoms with Gasteiger partial charge in [0.2, 0.25) is 11.8 Å². The lowest BCUT2D eigenvalue weighted by atomic mass is 9.90. The molecule has 6 rings (SSSR count). The lowest BCUT2D eigenvalue weighted by molar-refractivity contribution is -0.183. The number of benzene rings is 3. The number of hydrogen-bond acceptors (Lipinski definition) is 7. The van der Waals surface area contributed by atoms with Gasteiger partial charge in [0.25, 0.3) is 5.91 Å². The second kappa shape index (κ2) is 12.4. The lowest BCUT2D eigenvalue weighted by Crippen LogP contribution is -2.47. The summed E-state index contributed by atoms with van der Waals surface area (Å²) in [5.41, 5.74) is 2.90. The number of nitrogens with one attached hydrogen (secondary N) is 1. The second-order valence-electron chi connectivity index (χ2n) is 11.2. The smallest absolute Gasteiger partial charge is 0.261 e. The molecule has 0 aromatic heterocycles. The number of amides is 3. The van der Waals surface area contributed by atoms with Gasteiger partial charge in [0.15, 0.2) is 6.10 Å². The summed E-state index contributed by atoms with van der Waals surface area (Å²) in [5, 5.41) is 4.68. The summed E-state index contributed by atoms with van der Waals surface area (Å²) in [6.45, 7) is 2.80. The third-order valence-corrected chi connectivity index (χ3v) is 8.41. The average molecular weight is 569 g/mol. The van der Waals surface area contributed by atoms with E-state index in [1.165, 1.54) is 15.5 Å². The van der Waals surface area contributed by atoms with Crippen LogP contribution in [-0.4, -0.2) is 71.5 Å². The van der Waals surface area contributed by atoms with E-state index >= 15 is 0 Å². The highest BCUT2D eigenvalue weighted by Gasteiger charge is 2.59. The zero-order valence-electron chi connectivity index (χ0n) is 23.7. The van der Waals surface area contributed by atoms with E-state index in [9.17, 15) is 14.4 Å². The standard InChI is InChI=1S/C33H36N4O5/c1-41-27-14-8-13-25(19-27)30-29-31(33(40)36(32(29)39)21-24-11-6-3-7-12-24)42-37(30)22-28(38)34-26-15-17-35(18-16-26)20-23-9-4-2-5-10-23/h2-14,19,26,29-31H,15-18,20-22H2,1H3,(H,34,38). The Balaban J connectivity index is 1.13. The fourth-order valence-corrected chi connectivity index (χ4v) is 6.28. The lowest BCUT2D eigenvalue weighted by Gasteiger charge is -2.33. The van der Waals surface area contributed by atoms with E-state index in [1.807, 2.05) is 60.7 Å². The number of likely N-dealkylation sites (tertiary alicyclic amines) is 2. The van der Waals surface area contributed by atoms with Crippen molar-refractivity contribution in [3.63, 3.8) is 0 Å². The fraction of sp³-hybridized carbons (Fsp3) is 0.364. The number of ether oxygens (including phenoxy) is 1. The molecule has 3 fully saturated rings. The van der Waals surface area contributed by atoms with E-state index in [-0.39, 0.29) is 36.9 Å². The van der Waals surface area contributed by atoms with Crippen LogP contribution in [0, 0.1) is 5.92 Å². The summed E-state index contributed by atoms with van der Waals surface area (Å²) in [5.74, 6) is -1.00. The number of fused-ring (bicyclic) bond motifs is 1. The SMILES string of the molecule is COc1cccc(C2C3C(=O)N(Cc4ccccc4)C(=O)C3ON2CC(=O)NC2CCN(Cc3ccccc3)CC2)c1. The van der Waals surface area contributed by atoms with E-state index in [2.05, 4.69) is 34.5 Å². The zero-order valence-corrected chi connectivity index (χ0v) is 23.7. The minimum atomic E-state index is -0.980. The molecule has 1 N–H and O–H groups in total. The molecule has 3 amide bonds. The Morgan fingerprint density at radius 2 is 1.55 bits per heavy atom. The second-order valence-corrected chi connectivity index (χ2v) is 11.2. The van der Waals surface area contributed by atoms with Crippen molar-refractivity contribution in [2.24, 2.45) is 5.92 Å². The molecule has 0 saturated carbocycles. The summed E-state index contributed by atoms with van der Waals surface area (Å²) >= 11 is 0. The van der Waals surface area contributed by atoms with Crippen LogP contribution in [0.4, 0.5) is 0 Å². The first-order chi connectivity index (χ1) is 20.5. The first-order valence-corrected chi connectivity index (χ1v) is 14.5. The van der Waals surface area contributed by atoms with E-state index in [1.54, 1.807) is 7.11 Å². The number of hydroxylamine groups is 2. The van der Waals surface area contributed by atoms with E-state index in [0.717, 1.165) is 43.6 Å². The molecule has 42 heavy (non-hydrogen) atoms. The van der Waals surface area contributed by atoms with Crippen LogP contribution in [-0.2, 0) is 32.3 Å². The molecule has 218 valence electrons. The molecule has 3 aromatic rings. The van der Waals surface area contributed by atoms with Crippen LogP contribution >= 0.6 is 0 Å². The molecule has 9 heteroatoms. The number of nitrogens with zero attached hydrogens (tertiary/aromatic N) is 3. The third kappa shape index (κ3) is 5.94. The van der Waals surface area contributed by atoms with Crippen LogP contribution in [0.2, 0.25) is 0 Å². The van der Waals surface area contributed by atoms with Crippen molar-refractivity contribution in [2.75, 3.05) is 26.7 Å². The molecule has 3 saturated heterocycles. The monoisotopic (exact) mass is 568 g/mol. The van der Waals surface area contributed by atoms with Crippen molar-refractivity contribution in [1.29, 1.82) is 0 Å². The number of carbonyl (C=O) groups is 3. The summed E-state index contributed by atoms with van der Waals surface area (Å²) in [6.07, 6.45) is 0.733. The van der Waals surface area contributed by atoms with Crippen LogP contribution < -0.4 is 10.1 Å². The molecule has 0 bridgehead atoms. The molecule has 3 atom stereocenters. The van der Waals surface area contributed by atoms with Crippen LogP contribution in [0.3, 0.4) is 0 Å². The van der Waals surface area contributed by atoms with Gasteiger partial charge in [-0.25, -0.2) is 0 Å². The maximum atomic E-state index is 13.7. The Hall–Kier alpha value is -4.05. The van der Waals surface area contributed by atoms with Gasteiger partial charge in [-0.15, -0.1) is 0 Å². The minimum absolute atomic E-state index is 0.0616. The maximum absolute atomic E-state index is 13.7. The van der Waals surface area contributed by atoms with E-state index in [0.29, 0.717) is 5.75 Å². The van der Waals surface area contributed by atoms with Gasteiger partial charge in [0, 0.05) is 25.7 Å². The predicted molar refractivity (Wildman–Crippen MR) is 156 cm³/mol. The highest BCUT2D eigenvalue weighted by molar-refractivity contribution is 6.07. The molecular weight excluding hydrogens is 532 g/mol. The van der Waals surface area contributed by atoms with Crippen molar-refractivity contribution in [1.82, 2.24) is 20.2 Å². The summed E-state index contributed by atoms with van der Waals surface area (Å²) in [4.78, 5) is 50.2. The zero-order chi connectivity index (χ0) is 29.1. The van der Waals surface area contributed by atoms with Crippen molar-refractivity contribution < 1.29 is 24.0 Å². The van der Waals surface area contributed by atoms with Crippen LogP contribution in [0.1, 0.15) is 35.6 Å².